The average Bonchev–Trinajstić information content (AvgIpc) is 1.73. The van der Waals surface area contributed by atoms with Gasteiger partial charge in [-0.05, 0) is 148 Å². The lowest BCUT2D eigenvalue weighted by atomic mass is 9.77. The molecule has 700 valence electrons. The van der Waals surface area contributed by atoms with Crippen LogP contribution in [0.5, 0.6) is 11.5 Å². The third-order valence-corrected chi connectivity index (χ3v) is 23.9. The highest BCUT2D eigenvalue weighted by molar-refractivity contribution is 7.57. The number of nitrogens with two attached hydrogens (primary N) is 1. The first-order valence-corrected chi connectivity index (χ1v) is 48.6. The fourth-order valence-electron chi connectivity index (χ4n) is 12.6. The summed E-state index contributed by atoms with van der Waals surface area (Å²) in [4.78, 5) is 80.1. The maximum Gasteiger partial charge on any atom is 0.361 e. The highest BCUT2D eigenvalue weighted by Gasteiger charge is 2.41. The van der Waals surface area contributed by atoms with E-state index in [0.29, 0.717) is 65.4 Å². The third kappa shape index (κ3) is 29.0. The van der Waals surface area contributed by atoms with Crippen molar-refractivity contribution in [2.24, 2.45) is 27.0 Å². The number of aromatic nitrogens is 10. The van der Waals surface area contributed by atoms with Crippen molar-refractivity contribution >= 4 is 133 Å². The number of guanidine groups is 1. The smallest absolute Gasteiger partial charge is 0.361 e. The summed E-state index contributed by atoms with van der Waals surface area (Å²) in [5.74, 6) is 1.45. The monoisotopic (exact) mass is 1930 g/mol. The number of hydrogen-bond donors (Lipinski definition) is 5. The van der Waals surface area contributed by atoms with Crippen LogP contribution < -0.4 is 31.2 Å². The Morgan fingerprint density at radius 3 is 1.17 bits per heavy atom. The molecule has 0 radical (unpaired) electrons. The van der Waals surface area contributed by atoms with Crippen molar-refractivity contribution in [3.63, 3.8) is 0 Å². The zero-order valence-corrected chi connectivity index (χ0v) is 81.0. The van der Waals surface area contributed by atoms with E-state index >= 15 is 0 Å². The molecule has 6 N–H and O–H groups in total. The molecule has 11 aromatic rings. The Bertz CT molecular complexity index is 5560. The maximum absolute atomic E-state index is 13.2. The van der Waals surface area contributed by atoms with Gasteiger partial charge in [0.15, 0.2) is 39.1 Å². The zero-order chi connectivity index (χ0) is 94.8. The number of nitrogens with one attached hydrogen (secondary N) is 3. The summed E-state index contributed by atoms with van der Waals surface area (Å²) < 4.78 is 107. The number of methoxy groups -OCH3 is 2. The Morgan fingerprint density at radius 2 is 0.831 bits per heavy atom. The van der Waals surface area contributed by atoms with Crippen LogP contribution in [0.4, 0.5) is 17.7 Å². The molecular formula is C89H112Cl4N15O19P3. The minimum absolute atomic E-state index is 0.0594. The molecule has 0 spiro atoms. The van der Waals surface area contributed by atoms with Crippen LogP contribution in [0.1, 0.15) is 135 Å². The predicted molar refractivity (Wildman–Crippen MR) is 501 cm³/mol. The van der Waals surface area contributed by atoms with Crippen LogP contribution in [0.3, 0.4) is 0 Å². The van der Waals surface area contributed by atoms with E-state index in [0.717, 1.165) is 44.9 Å². The topological polar surface area (TPSA) is 413 Å². The number of carbonyl (C=O) groups excluding carboxylic acids is 3. The van der Waals surface area contributed by atoms with E-state index in [9.17, 15) is 33.0 Å². The number of hydrogen-bond acceptors (Lipinski definition) is 30. The molecule has 0 fully saturated rings. The lowest BCUT2D eigenvalue weighted by Crippen LogP contribution is -2.38. The molecule has 130 heavy (non-hydrogen) atoms. The Labute approximate surface area is 776 Å². The summed E-state index contributed by atoms with van der Waals surface area (Å²) in [6.07, 6.45) is 3.36. The van der Waals surface area contributed by atoms with Gasteiger partial charge in [-0.2, -0.15) is 19.9 Å². The number of carbonyl (C=O) groups is 3. The van der Waals surface area contributed by atoms with Gasteiger partial charge in [0.2, 0.25) is 32.9 Å². The molecule has 41 heteroatoms. The molecule has 0 saturated carbocycles. The number of ether oxygens (including phenoxy) is 8. The molecule has 2 unspecified atom stereocenters. The van der Waals surface area contributed by atoms with Gasteiger partial charge >= 0.3 is 33.1 Å². The van der Waals surface area contributed by atoms with Crippen molar-refractivity contribution in [2.75, 3.05) is 95.4 Å². The van der Waals surface area contributed by atoms with Gasteiger partial charge < -0.3 is 87.2 Å². The molecule has 2 atom stereocenters. The first kappa shape index (κ1) is 104. The molecule has 5 aromatic heterocycles. The summed E-state index contributed by atoms with van der Waals surface area (Å²) >= 11 is 24.6. The molecule has 0 amide bonds. The second-order valence-corrected chi connectivity index (χ2v) is 40.7. The molecule has 12 rings (SSSR count). The van der Waals surface area contributed by atoms with Crippen LogP contribution in [-0.2, 0) is 105 Å². The Morgan fingerprint density at radius 1 is 0.492 bits per heavy atom. The second-order valence-electron chi connectivity index (χ2n) is 33.1. The van der Waals surface area contributed by atoms with E-state index in [1.165, 1.54) is 13.0 Å². The van der Waals surface area contributed by atoms with Crippen molar-refractivity contribution < 1.29 is 89.0 Å². The van der Waals surface area contributed by atoms with Crippen molar-refractivity contribution in [1.82, 2.24) is 48.6 Å². The van der Waals surface area contributed by atoms with E-state index in [2.05, 4.69) is 99.1 Å². The van der Waals surface area contributed by atoms with Crippen molar-refractivity contribution in [2.45, 2.75) is 138 Å². The summed E-state index contributed by atoms with van der Waals surface area (Å²) in [6, 6.07) is 56.1. The van der Waals surface area contributed by atoms with Crippen LogP contribution in [0, 0.1) is 16.2 Å². The lowest BCUT2D eigenvalue weighted by Gasteiger charge is -2.37. The SMILES string of the molecule is CC(C)(C)C(=O)OCCl.CC(C)(C)C(=O)OCOP(=O)(COCCn1cnc2c1NC(N)=NC2Cl)OCOC(=O)C(C)(C)C.COc1ccc(C(Nc2nc(Cl)c3ncn(CCOCP(=O)(OC(C)C)OC(C)C)c3n2)(c2ccccc2)c2ccccc2)cc1.COc1ccc(C(Nc2nc(Cl)c3ncn(CCOCP(C)(=O)O)c3n2)(c2ccccc2)c2ccccc2)cc1. The molecule has 0 aliphatic carbocycles. The highest BCUT2D eigenvalue weighted by atomic mass is 35.5. The Balaban J connectivity index is 0.000000211. The largest absolute Gasteiger partial charge is 0.497 e. The van der Waals surface area contributed by atoms with E-state index in [-0.39, 0.29) is 73.0 Å². The van der Waals surface area contributed by atoms with Crippen molar-refractivity contribution in [1.29, 1.82) is 0 Å². The van der Waals surface area contributed by atoms with Gasteiger partial charge in [0.1, 0.15) is 64.2 Å². The van der Waals surface area contributed by atoms with E-state index < -0.39 is 87.3 Å². The quantitative estimate of drug-likeness (QED) is 0.00276. The number of imidazole rings is 3. The number of aliphatic imine (C=N–C) groups is 1. The van der Waals surface area contributed by atoms with Crippen LogP contribution >= 0.6 is 69.0 Å². The normalized spacial score (nSPS) is 13.5. The average molecular weight is 1930 g/mol. The molecule has 1 aliphatic rings. The van der Waals surface area contributed by atoms with Gasteiger partial charge in [-0.1, -0.05) is 192 Å². The number of anilines is 3. The van der Waals surface area contributed by atoms with Crippen LogP contribution in [0.25, 0.3) is 22.3 Å². The number of nitrogens with zero attached hydrogens (tertiary/aromatic N) is 11. The number of alkyl halides is 2. The van der Waals surface area contributed by atoms with Crippen molar-refractivity contribution in [3.05, 3.63) is 238 Å². The number of benzene rings is 6. The van der Waals surface area contributed by atoms with E-state index in [1.807, 2.05) is 154 Å². The van der Waals surface area contributed by atoms with Crippen LogP contribution in [0.15, 0.2) is 194 Å². The van der Waals surface area contributed by atoms with Gasteiger partial charge in [0, 0.05) is 26.3 Å². The van der Waals surface area contributed by atoms with E-state index in [1.54, 1.807) is 98.3 Å². The van der Waals surface area contributed by atoms with Gasteiger partial charge in [-0.15, -0.1) is 0 Å². The molecular weight excluding hydrogens is 1820 g/mol. The number of rotatable bonds is 38. The minimum Gasteiger partial charge on any atom is -0.497 e. The fourth-order valence-corrected chi connectivity index (χ4v) is 16.7. The zero-order valence-electron chi connectivity index (χ0n) is 75.3. The minimum atomic E-state index is -3.96. The standard InChI is InChI=1S/C34H39ClN5O5P.C29H29ClN5O4P.C20H33ClN5O8P.C6H11ClO2/c1-24(2)44-46(41,45-25(3)4)23-43-21-20-40-22-36-30-31(35)37-33(38-32(30)40)39-34(26-12-8-6-9-13-26,27-14-10-7-11-15-27)28-16-18-29(42-5)19-17-28;1-38-24-15-13-23(14-16-24)29(21-9-5-3-6-10-21,22-11-7-4-8-12-22)34-28-32-26(30)25-27(33-28)35(19-31-25)17-18-39-20-40(2,36)37;1-19(2,3)16(27)31-10-33-35(29,34-11-32-17(28)20(4,5)6)12-30-8-7-26-9-23-13-14(21)24-18(22)25-15(13)26;1-6(2,3)5(8)9-4-7/h6-19,22,24-25H,20-21,23H2,1-5H3,(H,37,38,39);3-16,19H,17-18,20H2,1-2H3,(H,36,37)(H,32,33,34);9,14H,7-8,10-12H2,1-6H3,(H3,22,24,25);4H2,1-3H3. The summed E-state index contributed by atoms with van der Waals surface area (Å²) in [7, 11) is -7.38. The summed E-state index contributed by atoms with van der Waals surface area (Å²) in [6.45, 7) is 24.1. The number of esters is 3. The van der Waals surface area contributed by atoms with Gasteiger partial charge in [-0.25, -0.2) is 19.9 Å². The predicted octanol–water partition coefficient (Wildman–Crippen LogP) is 18.6. The molecule has 1 aliphatic heterocycles. The number of halogens is 4. The second kappa shape index (κ2) is 46.9. The van der Waals surface area contributed by atoms with Crippen LogP contribution in [-0.4, -0.2) is 169 Å². The molecule has 0 bridgehead atoms. The molecule has 34 nitrogen and oxygen atoms in total. The van der Waals surface area contributed by atoms with Gasteiger partial charge in [0.05, 0.1) is 81.5 Å². The Kier molecular flexibility index (Phi) is 37.4. The lowest BCUT2D eigenvalue weighted by molar-refractivity contribution is -0.162. The van der Waals surface area contributed by atoms with Gasteiger partial charge in [0.25, 0.3) is 0 Å². The Hall–Kier alpha value is -9.96. The van der Waals surface area contributed by atoms with E-state index in [4.69, 9.17) is 113 Å². The summed E-state index contributed by atoms with van der Waals surface area (Å²) in [5.41, 5.74) is 9.48. The first-order valence-electron chi connectivity index (χ1n) is 41.1. The third-order valence-electron chi connectivity index (χ3n) is 18.8. The first-order chi connectivity index (χ1) is 61.5. The highest BCUT2D eigenvalue weighted by Crippen LogP contribution is 2.52. The van der Waals surface area contributed by atoms with Crippen molar-refractivity contribution in [3.8, 4) is 11.5 Å². The number of fused-ring (bicyclic) bond motifs is 3. The van der Waals surface area contributed by atoms with Crippen LogP contribution in [0.2, 0.25) is 10.3 Å². The summed E-state index contributed by atoms with van der Waals surface area (Å²) in [5, 5.41) is 10.6. The molecule has 0 saturated heterocycles. The van der Waals surface area contributed by atoms with Gasteiger partial charge in [-0.3, -0.25) is 37.1 Å². The molecule has 6 aromatic carbocycles. The fraction of sp³-hybridized carbons (Fsp3) is 0.404. The molecule has 6 heterocycles. The maximum atomic E-state index is 13.2.